The third-order valence-electron chi connectivity index (χ3n) is 4.70. The van der Waals surface area contributed by atoms with Crippen LogP contribution in [0.3, 0.4) is 0 Å². The van der Waals surface area contributed by atoms with Crippen LogP contribution in [0, 0.1) is 0 Å². The van der Waals surface area contributed by atoms with Crippen LogP contribution in [0.1, 0.15) is 46.0 Å². The number of hydrogen-bond acceptors (Lipinski definition) is 3. The van der Waals surface area contributed by atoms with Crippen LogP contribution in [0.2, 0.25) is 0 Å². The molecule has 1 saturated heterocycles. The molecule has 0 aromatic heterocycles. The summed E-state index contributed by atoms with van der Waals surface area (Å²) in [4.78, 5) is 17.0. The number of nitrogens with zero attached hydrogens (tertiary/aromatic N) is 2. The van der Waals surface area contributed by atoms with Crippen molar-refractivity contribution in [3.63, 3.8) is 0 Å². The molecule has 0 radical (unpaired) electrons. The Balaban J connectivity index is 1.87. The summed E-state index contributed by atoms with van der Waals surface area (Å²) in [5.74, 6) is 0.336. The van der Waals surface area contributed by atoms with E-state index in [-0.39, 0.29) is 0 Å². The number of rotatable bonds is 6. The number of nitrogens with one attached hydrogen (secondary N) is 1. The van der Waals surface area contributed by atoms with Crippen molar-refractivity contribution in [3.8, 4) is 0 Å². The van der Waals surface area contributed by atoms with E-state index in [9.17, 15) is 4.79 Å². The zero-order valence-electron chi connectivity index (χ0n) is 12.5. The summed E-state index contributed by atoms with van der Waals surface area (Å²) in [5, 5.41) is 3.29. The zero-order valence-corrected chi connectivity index (χ0v) is 12.5. The molecule has 19 heavy (non-hydrogen) atoms. The van der Waals surface area contributed by atoms with Gasteiger partial charge in [0.25, 0.3) is 0 Å². The highest BCUT2D eigenvalue weighted by molar-refractivity contribution is 5.78. The summed E-state index contributed by atoms with van der Waals surface area (Å²) >= 11 is 0. The van der Waals surface area contributed by atoms with Gasteiger partial charge in [0.2, 0.25) is 5.91 Å². The molecule has 4 nitrogen and oxygen atoms in total. The monoisotopic (exact) mass is 267 g/mol. The summed E-state index contributed by atoms with van der Waals surface area (Å²) in [6.07, 6.45) is 6.33. The van der Waals surface area contributed by atoms with Gasteiger partial charge in [0.1, 0.15) is 0 Å². The van der Waals surface area contributed by atoms with Crippen molar-refractivity contribution < 1.29 is 4.79 Å². The van der Waals surface area contributed by atoms with Crippen molar-refractivity contribution in [3.05, 3.63) is 0 Å². The maximum absolute atomic E-state index is 12.6. The van der Waals surface area contributed by atoms with E-state index in [1.54, 1.807) is 0 Å². The van der Waals surface area contributed by atoms with E-state index in [0.29, 0.717) is 24.5 Å². The summed E-state index contributed by atoms with van der Waals surface area (Å²) in [5.41, 5.74) is 0. The van der Waals surface area contributed by atoms with Gasteiger partial charge < -0.3 is 10.2 Å². The Bertz CT molecular complexity index is 285. The minimum Gasteiger partial charge on any atom is -0.339 e. The van der Waals surface area contributed by atoms with Crippen molar-refractivity contribution in [1.29, 1.82) is 0 Å². The molecular formula is C15H29N3O. The van der Waals surface area contributed by atoms with E-state index in [4.69, 9.17) is 0 Å². The van der Waals surface area contributed by atoms with E-state index in [0.717, 1.165) is 26.2 Å². The molecule has 1 aliphatic carbocycles. The van der Waals surface area contributed by atoms with E-state index < -0.39 is 0 Å². The maximum atomic E-state index is 12.6. The lowest BCUT2D eigenvalue weighted by Crippen LogP contribution is -2.59. The van der Waals surface area contributed by atoms with Gasteiger partial charge in [0.15, 0.2) is 0 Å². The fourth-order valence-corrected chi connectivity index (χ4v) is 3.33. The van der Waals surface area contributed by atoms with Crippen LogP contribution in [-0.2, 0) is 4.79 Å². The molecule has 1 N–H and O–H groups in total. The molecule has 1 heterocycles. The van der Waals surface area contributed by atoms with Gasteiger partial charge in [-0.2, -0.15) is 0 Å². The van der Waals surface area contributed by atoms with Crippen LogP contribution in [0.5, 0.6) is 0 Å². The molecule has 110 valence electrons. The topological polar surface area (TPSA) is 35.6 Å². The van der Waals surface area contributed by atoms with Crippen molar-refractivity contribution in [2.45, 2.75) is 58.0 Å². The highest BCUT2D eigenvalue weighted by Gasteiger charge is 2.29. The van der Waals surface area contributed by atoms with Crippen LogP contribution in [0.4, 0.5) is 0 Å². The van der Waals surface area contributed by atoms with E-state index in [1.807, 2.05) is 0 Å². The van der Waals surface area contributed by atoms with Crippen LogP contribution < -0.4 is 5.32 Å². The second-order valence-corrected chi connectivity index (χ2v) is 5.85. The molecule has 2 fully saturated rings. The van der Waals surface area contributed by atoms with Gasteiger partial charge in [-0.3, -0.25) is 9.69 Å². The summed E-state index contributed by atoms with van der Waals surface area (Å²) in [6.45, 7) is 8.79. The Morgan fingerprint density at radius 3 is 2.21 bits per heavy atom. The highest BCUT2D eigenvalue weighted by atomic mass is 16.2. The molecule has 0 aromatic carbocycles. The lowest BCUT2D eigenvalue weighted by atomic mass is 9.94. The van der Waals surface area contributed by atoms with Gasteiger partial charge in [0.05, 0.1) is 6.54 Å². The average molecular weight is 267 g/mol. The Morgan fingerprint density at radius 1 is 1.05 bits per heavy atom. The summed E-state index contributed by atoms with van der Waals surface area (Å²) < 4.78 is 0. The van der Waals surface area contributed by atoms with Gasteiger partial charge in [-0.15, -0.1) is 0 Å². The molecule has 2 rings (SSSR count). The normalized spacial score (nSPS) is 21.4. The number of amides is 1. The molecule has 0 bridgehead atoms. The second-order valence-electron chi connectivity index (χ2n) is 5.85. The van der Waals surface area contributed by atoms with E-state index in [2.05, 4.69) is 29.0 Å². The van der Waals surface area contributed by atoms with Crippen LogP contribution in [0.15, 0.2) is 0 Å². The van der Waals surface area contributed by atoms with Crippen molar-refractivity contribution in [2.24, 2.45) is 0 Å². The number of likely N-dealkylation sites (N-methyl/N-ethyl adjacent to an activating group) is 2. The first-order valence-electron chi connectivity index (χ1n) is 8.00. The average Bonchev–Trinajstić information content (AvgIpc) is 2.38. The smallest absolute Gasteiger partial charge is 0.236 e. The largest absolute Gasteiger partial charge is 0.339 e. The quantitative estimate of drug-likeness (QED) is 0.791. The van der Waals surface area contributed by atoms with Crippen molar-refractivity contribution in [1.82, 2.24) is 15.1 Å². The minimum atomic E-state index is 0.336. The zero-order chi connectivity index (χ0) is 13.7. The first-order chi connectivity index (χ1) is 9.26. The third kappa shape index (κ3) is 3.69. The van der Waals surface area contributed by atoms with E-state index in [1.165, 1.54) is 32.1 Å². The van der Waals surface area contributed by atoms with Crippen molar-refractivity contribution >= 4 is 5.91 Å². The minimum absolute atomic E-state index is 0.336. The molecule has 0 unspecified atom stereocenters. The number of carbonyl (C=O) groups excluding carboxylic acids is 1. The molecule has 1 amide bonds. The lowest BCUT2D eigenvalue weighted by molar-refractivity contribution is -0.136. The maximum Gasteiger partial charge on any atom is 0.236 e. The Hall–Kier alpha value is -0.610. The van der Waals surface area contributed by atoms with Gasteiger partial charge >= 0.3 is 0 Å². The third-order valence-corrected chi connectivity index (χ3v) is 4.70. The molecule has 1 aliphatic heterocycles. The standard InChI is InChI=1S/C15H29N3O/c1-3-17(14-10-16-11-14)12-15(19)18(4-2)13-8-6-5-7-9-13/h13-14,16H,3-12H2,1-2H3. The lowest BCUT2D eigenvalue weighted by Gasteiger charge is -2.40. The molecule has 1 saturated carbocycles. The molecular weight excluding hydrogens is 238 g/mol. The highest BCUT2D eigenvalue weighted by Crippen LogP contribution is 2.22. The van der Waals surface area contributed by atoms with Gasteiger partial charge in [-0.1, -0.05) is 26.2 Å². The van der Waals surface area contributed by atoms with Crippen LogP contribution >= 0.6 is 0 Å². The fourth-order valence-electron chi connectivity index (χ4n) is 3.33. The first kappa shape index (κ1) is 14.8. The van der Waals surface area contributed by atoms with Gasteiger partial charge in [0, 0.05) is 31.7 Å². The first-order valence-corrected chi connectivity index (χ1v) is 8.00. The fraction of sp³-hybridized carbons (Fsp3) is 0.933. The summed E-state index contributed by atoms with van der Waals surface area (Å²) in [7, 11) is 0. The number of hydrogen-bond donors (Lipinski definition) is 1. The Morgan fingerprint density at radius 2 is 1.74 bits per heavy atom. The molecule has 2 aliphatic rings. The molecule has 0 atom stereocenters. The molecule has 0 aromatic rings. The van der Waals surface area contributed by atoms with E-state index >= 15 is 0 Å². The summed E-state index contributed by atoms with van der Waals surface area (Å²) in [6, 6.07) is 1.07. The van der Waals surface area contributed by atoms with Crippen molar-refractivity contribution in [2.75, 3.05) is 32.7 Å². The van der Waals surface area contributed by atoms with Gasteiger partial charge in [-0.25, -0.2) is 0 Å². The predicted octanol–water partition coefficient (Wildman–Crippen LogP) is 1.46. The Kier molecular flexibility index (Phi) is 5.64. The Labute approximate surface area is 117 Å². The predicted molar refractivity (Wildman–Crippen MR) is 78.2 cm³/mol. The molecule has 4 heteroatoms. The SMILES string of the molecule is CCN(CC(=O)N(CC)C1CCCCC1)C1CNC1. The second kappa shape index (κ2) is 7.25. The number of carbonyl (C=O) groups is 1. The van der Waals surface area contributed by atoms with Gasteiger partial charge in [-0.05, 0) is 26.3 Å². The molecule has 0 spiro atoms. The van der Waals surface area contributed by atoms with Crippen LogP contribution in [0.25, 0.3) is 0 Å². The van der Waals surface area contributed by atoms with Crippen LogP contribution in [-0.4, -0.2) is 60.5 Å².